The highest BCUT2D eigenvalue weighted by atomic mass is 16.5. The summed E-state index contributed by atoms with van der Waals surface area (Å²) in [6, 6.07) is 7.65. The predicted octanol–water partition coefficient (Wildman–Crippen LogP) is 2.50. The first-order valence-corrected chi connectivity index (χ1v) is 9.54. The lowest BCUT2D eigenvalue weighted by Gasteiger charge is -2.25. The summed E-state index contributed by atoms with van der Waals surface area (Å²) in [6.07, 6.45) is 5.84. The van der Waals surface area contributed by atoms with Crippen LogP contribution in [0, 0.1) is 0 Å². The molecule has 0 radical (unpaired) electrons. The minimum atomic E-state index is -0.258. The van der Waals surface area contributed by atoms with Gasteiger partial charge in [-0.1, -0.05) is 12.1 Å². The second kappa shape index (κ2) is 9.57. The van der Waals surface area contributed by atoms with Crippen LogP contribution in [-0.4, -0.2) is 61.2 Å². The van der Waals surface area contributed by atoms with Crippen molar-refractivity contribution in [2.75, 3.05) is 39.7 Å². The number of methoxy groups -OCH3 is 1. The zero-order chi connectivity index (χ0) is 19.9. The van der Waals surface area contributed by atoms with Gasteiger partial charge in [0.1, 0.15) is 5.75 Å². The highest BCUT2D eigenvalue weighted by molar-refractivity contribution is 5.88. The Bertz CT molecular complexity index is 771. The number of nitrogens with one attached hydrogen (secondary N) is 2. The highest BCUT2D eigenvalue weighted by Crippen LogP contribution is 2.22. The van der Waals surface area contributed by atoms with Gasteiger partial charge >= 0.3 is 6.03 Å². The first-order chi connectivity index (χ1) is 13.5. The maximum atomic E-state index is 12.3. The van der Waals surface area contributed by atoms with Crippen molar-refractivity contribution < 1.29 is 14.3 Å². The first kappa shape index (κ1) is 20.2. The van der Waals surface area contributed by atoms with Gasteiger partial charge in [-0.05, 0) is 44.6 Å². The van der Waals surface area contributed by atoms with Crippen molar-refractivity contribution in [2.45, 2.75) is 31.5 Å². The van der Waals surface area contributed by atoms with Gasteiger partial charge in [0.25, 0.3) is 0 Å². The second-order valence-corrected chi connectivity index (χ2v) is 7.18. The number of likely N-dealkylation sites (N-methyl/N-ethyl adjacent to an activating group) is 1. The van der Waals surface area contributed by atoms with E-state index in [4.69, 9.17) is 9.47 Å². The molecule has 2 unspecified atom stereocenters. The molecule has 1 saturated heterocycles. The summed E-state index contributed by atoms with van der Waals surface area (Å²) >= 11 is 0. The molecule has 0 bridgehead atoms. The molecule has 2 atom stereocenters. The van der Waals surface area contributed by atoms with E-state index in [2.05, 4.69) is 20.6 Å². The van der Waals surface area contributed by atoms with E-state index in [1.165, 1.54) is 0 Å². The third-order valence-corrected chi connectivity index (χ3v) is 4.86. The van der Waals surface area contributed by atoms with Gasteiger partial charge in [0.2, 0.25) is 0 Å². The topological polar surface area (TPSA) is 80.7 Å². The molecular formula is C20H29N5O3. The summed E-state index contributed by atoms with van der Waals surface area (Å²) in [5.74, 6) is 0.799. The molecule has 28 heavy (non-hydrogen) atoms. The average Bonchev–Trinajstić information content (AvgIpc) is 3.34. The minimum Gasteiger partial charge on any atom is -0.497 e. The molecule has 1 aliphatic heterocycles. The van der Waals surface area contributed by atoms with Crippen LogP contribution in [0.15, 0.2) is 36.7 Å². The van der Waals surface area contributed by atoms with Crippen LogP contribution >= 0.6 is 0 Å². The van der Waals surface area contributed by atoms with Crippen LogP contribution in [0.1, 0.15) is 24.4 Å². The number of carbonyl (C=O) groups is 1. The number of nitrogens with zero attached hydrogens (tertiary/aromatic N) is 3. The molecule has 8 heteroatoms. The Hall–Kier alpha value is -2.58. The molecular weight excluding hydrogens is 358 g/mol. The van der Waals surface area contributed by atoms with Crippen LogP contribution in [0.5, 0.6) is 5.75 Å². The van der Waals surface area contributed by atoms with E-state index in [1.54, 1.807) is 13.3 Å². The number of benzene rings is 1. The fraction of sp³-hybridized carbons (Fsp3) is 0.500. The van der Waals surface area contributed by atoms with Crippen LogP contribution in [0.25, 0.3) is 0 Å². The van der Waals surface area contributed by atoms with Crippen molar-refractivity contribution in [1.82, 2.24) is 20.0 Å². The molecule has 8 nitrogen and oxygen atoms in total. The van der Waals surface area contributed by atoms with Gasteiger partial charge in [0.05, 0.1) is 37.7 Å². The summed E-state index contributed by atoms with van der Waals surface area (Å²) < 4.78 is 12.7. The van der Waals surface area contributed by atoms with Crippen LogP contribution in [0.2, 0.25) is 0 Å². The van der Waals surface area contributed by atoms with Gasteiger partial charge in [-0.2, -0.15) is 5.10 Å². The summed E-state index contributed by atoms with van der Waals surface area (Å²) in [6.45, 7) is 2.00. The van der Waals surface area contributed by atoms with Gasteiger partial charge in [-0.25, -0.2) is 4.79 Å². The maximum absolute atomic E-state index is 12.3. The number of ether oxygens (including phenoxy) is 2. The Morgan fingerprint density at radius 3 is 3.04 bits per heavy atom. The molecule has 2 N–H and O–H groups in total. The van der Waals surface area contributed by atoms with Crippen molar-refractivity contribution in [3.8, 4) is 5.75 Å². The lowest BCUT2D eigenvalue weighted by molar-refractivity contribution is 0.0940. The second-order valence-electron chi connectivity index (χ2n) is 7.18. The van der Waals surface area contributed by atoms with Gasteiger partial charge < -0.3 is 25.0 Å². The number of aromatic nitrogens is 2. The zero-order valence-corrected chi connectivity index (χ0v) is 16.7. The SMILES string of the molecule is COc1cccc(C(CNC(=O)Nc2cnn(CC3CCCO3)c2)N(C)C)c1. The number of hydrogen-bond donors (Lipinski definition) is 2. The number of carbonyl (C=O) groups excluding carboxylic acids is 1. The molecule has 2 amide bonds. The Kier molecular flexibility index (Phi) is 6.89. The van der Waals surface area contributed by atoms with E-state index in [9.17, 15) is 4.79 Å². The van der Waals surface area contributed by atoms with Gasteiger partial charge in [0, 0.05) is 19.3 Å². The quantitative estimate of drug-likeness (QED) is 0.727. The largest absolute Gasteiger partial charge is 0.497 e. The summed E-state index contributed by atoms with van der Waals surface area (Å²) in [5, 5.41) is 10.1. The van der Waals surface area contributed by atoms with Crippen molar-refractivity contribution >= 4 is 11.7 Å². The highest BCUT2D eigenvalue weighted by Gasteiger charge is 2.18. The lowest BCUT2D eigenvalue weighted by atomic mass is 10.1. The Morgan fingerprint density at radius 1 is 1.46 bits per heavy atom. The van der Waals surface area contributed by atoms with Crippen LogP contribution in [0.4, 0.5) is 10.5 Å². The third-order valence-electron chi connectivity index (χ3n) is 4.86. The first-order valence-electron chi connectivity index (χ1n) is 9.54. The molecule has 2 heterocycles. The van der Waals surface area contributed by atoms with Crippen LogP contribution in [-0.2, 0) is 11.3 Å². The maximum Gasteiger partial charge on any atom is 0.319 e. The van der Waals surface area contributed by atoms with Gasteiger partial charge in [-0.3, -0.25) is 4.68 Å². The molecule has 0 spiro atoms. The van der Waals surface area contributed by atoms with E-state index >= 15 is 0 Å². The molecule has 0 saturated carbocycles. The van der Waals surface area contributed by atoms with Gasteiger partial charge in [-0.15, -0.1) is 0 Å². The Balaban J connectivity index is 1.52. The minimum absolute atomic E-state index is 0.0306. The molecule has 2 aromatic rings. The van der Waals surface area contributed by atoms with Crippen molar-refractivity contribution in [3.05, 3.63) is 42.2 Å². The van der Waals surface area contributed by atoms with Crippen molar-refractivity contribution in [2.24, 2.45) is 0 Å². The fourth-order valence-corrected chi connectivity index (χ4v) is 3.34. The summed E-state index contributed by atoms with van der Waals surface area (Å²) in [5.41, 5.74) is 1.74. The molecule has 1 aromatic heterocycles. The van der Waals surface area contributed by atoms with Crippen LogP contribution < -0.4 is 15.4 Å². The van der Waals surface area contributed by atoms with E-state index in [0.717, 1.165) is 30.8 Å². The normalized spacial score (nSPS) is 17.5. The molecule has 3 rings (SSSR count). The summed E-state index contributed by atoms with van der Waals surface area (Å²) in [4.78, 5) is 14.4. The molecule has 1 aromatic carbocycles. The standard InChI is InChI=1S/C20H29N5O3/c1-24(2)19(15-6-4-7-17(10-15)27-3)12-21-20(26)23-16-11-22-25(13-16)14-18-8-5-9-28-18/h4,6-7,10-11,13,18-19H,5,8-9,12,14H2,1-3H3,(H2,21,23,26). The van der Waals surface area contributed by atoms with E-state index in [1.807, 2.05) is 49.2 Å². The number of amides is 2. The number of urea groups is 1. The van der Waals surface area contributed by atoms with Gasteiger partial charge in [0.15, 0.2) is 0 Å². The Morgan fingerprint density at radius 2 is 2.32 bits per heavy atom. The number of anilines is 1. The molecule has 0 aliphatic carbocycles. The van der Waals surface area contributed by atoms with E-state index in [-0.39, 0.29) is 18.2 Å². The monoisotopic (exact) mass is 387 g/mol. The fourth-order valence-electron chi connectivity index (χ4n) is 3.34. The number of rotatable bonds is 8. The molecule has 1 fully saturated rings. The predicted molar refractivity (Wildman–Crippen MR) is 108 cm³/mol. The summed E-state index contributed by atoms with van der Waals surface area (Å²) in [7, 11) is 5.62. The van der Waals surface area contributed by atoms with Crippen molar-refractivity contribution in [3.63, 3.8) is 0 Å². The lowest BCUT2D eigenvalue weighted by Crippen LogP contribution is -2.36. The molecule has 1 aliphatic rings. The zero-order valence-electron chi connectivity index (χ0n) is 16.7. The van der Waals surface area contributed by atoms with E-state index < -0.39 is 0 Å². The smallest absolute Gasteiger partial charge is 0.319 e. The third kappa shape index (κ3) is 5.46. The molecule has 152 valence electrons. The van der Waals surface area contributed by atoms with Crippen LogP contribution in [0.3, 0.4) is 0 Å². The average molecular weight is 387 g/mol. The van der Waals surface area contributed by atoms with Crippen molar-refractivity contribution in [1.29, 1.82) is 0 Å². The van der Waals surface area contributed by atoms with E-state index in [0.29, 0.717) is 18.8 Å². The Labute approximate surface area is 165 Å². The number of hydrogen-bond acceptors (Lipinski definition) is 5.